The van der Waals surface area contributed by atoms with E-state index >= 15 is 0 Å². The lowest BCUT2D eigenvalue weighted by Crippen LogP contribution is -2.66. The van der Waals surface area contributed by atoms with E-state index < -0.39 is 48.7 Å². The fourth-order valence-corrected chi connectivity index (χ4v) is 5.19. The van der Waals surface area contributed by atoms with Crippen molar-refractivity contribution in [2.75, 3.05) is 6.61 Å². The molecule has 1 unspecified atom stereocenters. The second kappa shape index (κ2) is 21.5. The molecular formula is C31H58O8. The standard InChI is InChI=1S/C31H58O8/c1-4-6-8-10-12-14-16-18-20-22-26(33)37-30-29(36)28(35)25(24-32)38-31(30,3)39-27(34)23-21-19-17-15-13-11-9-7-5-2/h25,28-30,32,35-36H,4-24H2,1-3H3/t25-,28-,29+,30-,31?/m1/s1. The Morgan fingerprint density at radius 1 is 0.667 bits per heavy atom. The average molecular weight is 559 g/mol. The maximum atomic E-state index is 12.6. The van der Waals surface area contributed by atoms with Crippen molar-refractivity contribution in [3.63, 3.8) is 0 Å². The van der Waals surface area contributed by atoms with E-state index in [4.69, 9.17) is 14.2 Å². The van der Waals surface area contributed by atoms with Crippen molar-refractivity contribution in [2.45, 2.75) is 179 Å². The van der Waals surface area contributed by atoms with Gasteiger partial charge in [-0.3, -0.25) is 9.59 Å². The molecule has 1 aliphatic heterocycles. The number of unbranched alkanes of at least 4 members (excludes halogenated alkanes) is 16. The summed E-state index contributed by atoms with van der Waals surface area (Å²) < 4.78 is 16.8. The number of esters is 2. The highest BCUT2D eigenvalue weighted by Crippen LogP contribution is 2.34. The minimum absolute atomic E-state index is 0.168. The molecule has 1 fully saturated rings. The molecule has 0 saturated carbocycles. The highest BCUT2D eigenvalue weighted by molar-refractivity contribution is 5.71. The van der Waals surface area contributed by atoms with Crippen LogP contribution in [0.15, 0.2) is 0 Å². The molecule has 0 aromatic rings. The van der Waals surface area contributed by atoms with E-state index in [-0.39, 0.29) is 12.8 Å². The molecule has 0 aromatic heterocycles. The van der Waals surface area contributed by atoms with Crippen molar-refractivity contribution in [1.82, 2.24) is 0 Å². The predicted molar refractivity (Wildman–Crippen MR) is 152 cm³/mol. The van der Waals surface area contributed by atoms with Gasteiger partial charge in [0.2, 0.25) is 0 Å². The highest BCUT2D eigenvalue weighted by atomic mass is 16.8. The number of rotatable bonds is 23. The Labute approximate surface area is 237 Å². The Morgan fingerprint density at radius 2 is 1.08 bits per heavy atom. The Morgan fingerprint density at radius 3 is 1.51 bits per heavy atom. The molecule has 0 spiro atoms. The zero-order chi connectivity index (χ0) is 28.9. The smallest absolute Gasteiger partial charge is 0.308 e. The number of hydrogen-bond acceptors (Lipinski definition) is 8. The van der Waals surface area contributed by atoms with E-state index in [0.29, 0.717) is 12.8 Å². The van der Waals surface area contributed by atoms with Gasteiger partial charge in [-0.25, -0.2) is 0 Å². The van der Waals surface area contributed by atoms with Gasteiger partial charge < -0.3 is 29.5 Å². The molecule has 8 nitrogen and oxygen atoms in total. The molecule has 230 valence electrons. The van der Waals surface area contributed by atoms with E-state index in [1.807, 2.05) is 0 Å². The Hall–Kier alpha value is -1.22. The number of aliphatic hydroxyl groups is 3. The normalized spacial score (nSPS) is 25.0. The van der Waals surface area contributed by atoms with Crippen LogP contribution in [0.3, 0.4) is 0 Å². The number of carbonyl (C=O) groups is 2. The summed E-state index contributed by atoms with van der Waals surface area (Å²) in [5.41, 5.74) is 0. The molecule has 0 amide bonds. The van der Waals surface area contributed by atoms with Crippen molar-refractivity contribution in [1.29, 1.82) is 0 Å². The lowest BCUT2D eigenvalue weighted by atomic mass is 9.93. The van der Waals surface area contributed by atoms with Crippen LogP contribution in [0.4, 0.5) is 0 Å². The van der Waals surface area contributed by atoms with Crippen LogP contribution in [0.25, 0.3) is 0 Å². The van der Waals surface area contributed by atoms with E-state index in [2.05, 4.69) is 13.8 Å². The molecule has 0 radical (unpaired) electrons. The Balaban J connectivity index is 2.49. The third-order valence-electron chi connectivity index (χ3n) is 7.67. The van der Waals surface area contributed by atoms with Crippen LogP contribution in [0, 0.1) is 0 Å². The van der Waals surface area contributed by atoms with E-state index in [1.54, 1.807) is 0 Å². The molecule has 1 rings (SSSR count). The molecule has 3 N–H and O–H groups in total. The zero-order valence-electron chi connectivity index (χ0n) is 25.0. The molecule has 8 heteroatoms. The van der Waals surface area contributed by atoms with Crippen molar-refractivity contribution in [3.8, 4) is 0 Å². The van der Waals surface area contributed by atoms with Gasteiger partial charge in [-0.15, -0.1) is 0 Å². The Kier molecular flexibility index (Phi) is 19.8. The van der Waals surface area contributed by atoms with Gasteiger partial charge >= 0.3 is 11.9 Å². The van der Waals surface area contributed by atoms with Gasteiger partial charge in [0.25, 0.3) is 5.79 Å². The highest BCUT2D eigenvalue weighted by Gasteiger charge is 2.56. The van der Waals surface area contributed by atoms with E-state index in [9.17, 15) is 24.9 Å². The zero-order valence-corrected chi connectivity index (χ0v) is 25.0. The van der Waals surface area contributed by atoms with Gasteiger partial charge in [0, 0.05) is 19.8 Å². The number of hydrogen-bond donors (Lipinski definition) is 3. The summed E-state index contributed by atoms with van der Waals surface area (Å²) in [7, 11) is 0. The summed E-state index contributed by atoms with van der Waals surface area (Å²) in [6.07, 6.45) is 14.8. The first-order valence-corrected chi connectivity index (χ1v) is 15.8. The van der Waals surface area contributed by atoms with Gasteiger partial charge in [0.1, 0.15) is 18.3 Å². The van der Waals surface area contributed by atoms with Crippen LogP contribution < -0.4 is 0 Å². The second-order valence-electron chi connectivity index (χ2n) is 11.4. The van der Waals surface area contributed by atoms with Crippen molar-refractivity contribution < 1.29 is 39.1 Å². The molecule has 1 heterocycles. The van der Waals surface area contributed by atoms with Crippen LogP contribution in [0.5, 0.6) is 0 Å². The monoisotopic (exact) mass is 558 g/mol. The summed E-state index contributed by atoms with van der Waals surface area (Å²) >= 11 is 0. The van der Waals surface area contributed by atoms with Crippen molar-refractivity contribution >= 4 is 11.9 Å². The first-order chi connectivity index (χ1) is 18.8. The quantitative estimate of drug-likeness (QED) is 0.101. The SMILES string of the molecule is CCCCCCCCCCCC(=O)O[C@@H]1[C@@H](O)[C@H](O)[C@@H](CO)OC1(C)OC(=O)CCCCCCCCCCC. The number of carbonyl (C=O) groups excluding carboxylic acids is 2. The van der Waals surface area contributed by atoms with Crippen LogP contribution >= 0.6 is 0 Å². The maximum Gasteiger partial charge on any atom is 0.308 e. The number of ether oxygens (including phenoxy) is 3. The third-order valence-corrected chi connectivity index (χ3v) is 7.67. The third kappa shape index (κ3) is 14.8. The molecule has 0 aromatic carbocycles. The predicted octanol–water partition coefficient (Wildman–Crippen LogP) is 6.11. The molecule has 0 bridgehead atoms. The first kappa shape index (κ1) is 35.8. The van der Waals surface area contributed by atoms with Crippen LogP contribution in [0.1, 0.15) is 149 Å². The summed E-state index contributed by atoms with van der Waals surface area (Å²) in [5.74, 6) is -2.88. The molecule has 1 saturated heterocycles. The fourth-order valence-electron chi connectivity index (χ4n) is 5.19. The van der Waals surface area contributed by atoms with Gasteiger partial charge in [0.15, 0.2) is 6.10 Å². The minimum atomic E-state index is -1.81. The largest absolute Gasteiger partial charge is 0.452 e. The Bertz CT molecular complexity index is 642. The van der Waals surface area contributed by atoms with Gasteiger partial charge in [-0.1, -0.05) is 117 Å². The van der Waals surface area contributed by atoms with Gasteiger partial charge in [0.05, 0.1) is 6.61 Å². The molecular weight excluding hydrogens is 500 g/mol. The molecule has 39 heavy (non-hydrogen) atoms. The topological polar surface area (TPSA) is 123 Å². The average Bonchev–Trinajstić information content (AvgIpc) is 2.91. The summed E-state index contributed by atoms with van der Waals surface area (Å²) in [6.45, 7) is 5.24. The molecule has 0 aliphatic carbocycles. The number of aliphatic hydroxyl groups excluding tert-OH is 3. The van der Waals surface area contributed by atoms with Crippen LogP contribution in [-0.4, -0.2) is 64.1 Å². The van der Waals surface area contributed by atoms with Crippen LogP contribution in [-0.2, 0) is 23.8 Å². The summed E-state index contributed by atoms with van der Waals surface area (Å²) in [4.78, 5) is 25.2. The molecule has 1 aliphatic rings. The van der Waals surface area contributed by atoms with Crippen molar-refractivity contribution in [2.24, 2.45) is 0 Å². The van der Waals surface area contributed by atoms with Crippen molar-refractivity contribution in [3.05, 3.63) is 0 Å². The van der Waals surface area contributed by atoms with E-state index in [0.717, 1.165) is 38.5 Å². The lowest BCUT2D eigenvalue weighted by molar-refractivity contribution is -0.345. The second-order valence-corrected chi connectivity index (χ2v) is 11.4. The van der Waals surface area contributed by atoms with Gasteiger partial charge in [-0.2, -0.15) is 0 Å². The first-order valence-electron chi connectivity index (χ1n) is 15.8. The minimum Gasteiger partial charge on any atom is -0.452 e. The maximum absolute atomic E-state index is 12.6. The summed E-state index contributed by atoms with van der Waals surface area (Å²) in [5, 5.41) is 30.7. The summed E-state index contributed by atoms with van der Waals surface area (Å²) in [6, 6.07) is 0. The lowest BCUT2D eigenvalue weighted by Gasteiger charge is -2.47. The van der Waals surface area contributed by atoms with Gasteiger partial charge in [-0.05, 0) is 12.8 Å². The van der Waals surface area contributed by atoms with Crippen LogP contribution in [0.2, 0.25) is 0 Å². The molecule has 5 atom stereocenters. The van der Waals surface area contributed by atoms with E-state index in [1.165, 1.54) is 71.1 Å². The fraction of sp³-hybridized carbons (Fsp3) is 0.935.